The summed E-state index contributed by atoms with van der Waals surface area (Å²) < 4.78 is 0. The van der Waals surface area contributed by atoms with E-state index in [0.29, 0.717) is 0 Å². The number of aromatic hydroxyl groups is 1. The molecule has 0 heterocycles. The molecule has 0 aliphatic rings. The first-order valence-corrected chi connectivity index (χ1v) is 4.48. The molecule has 0 amide bonds. The van der Waals surface area contributed by atoms with E-state index in [1.165, 1.54) is 6.07 Å². The topological polar surface area (TPSA) is 63.3 Å². The Kier molecular flexibility index (Phi) is 3.33. The van der Waals surface area contributed by atoms with E-state index in [1.54, 1.807) is 18.2 Å². The highest BCUT2D eigenvalue weighted by Gasteiger charge is 2.16. The molecule has 0 aliphatic heterocycles. The maximum atomic E-state index is 11.5. The van der Waals surface area contributed by atoms with Crippen LogP contribution in [0.15, 0.2) is 24.3 Å². The fraction of sp³-hybridized carbons (Fsp3) is 0.222. The van der Waals surface area contributed by atoms with Crippen molar-refractivity contribution in [3.63, 3.8) is 0 Å². The smallest absolute Gasteiger partial charge is 0.184 e. The van der Waals surface area contributed by atoms with E-state index in [0.717, 1.165) is 0 Å². The minimum Gasteiger partial charge on any atom is -0.507 e. The Labute approximate surface area is 82.0 Å². The van der Waals surface area contributed by atoms with Crippen molar-refractivity contribution in [2.45, 2.75) is 6.04 Å². The molecule has 4 heteroatoms. The van der Waals surface area contributed by atoms with Crippen LogP contribution in [-0.2, 0) is 0 Å². The summed E-state index contributed by atoms with van der Waals surface area (Å²) in [6.07, 6.45) is 0. The zero-order valence-electron chi connectivity index (χ0n) is 6.97. The van der Waals surface area contributed by atoms with Gasteiger partial charge in [0.1, 0.15) is 5.75 Å². The largest absolute Gasteiger partial charge is 0.507 e. The zero-order chi connectivity index (χ0) is 9.84. The highest BCUT2D eigenvalue weighted by Crippen LogP contribution is 2.17. The number of Topliss-reactive ketones (excluding diaryl/α,β-unsaturated/α-hetero) is 1. The average Bonchev–Trinajstić information content (AvgIpc) is 2.16. The number of hydrogen-bond donors (Lipinski definition) is 3. The van der Waals surface area contributed by atoms with Crippen LogP contribution >= 0.6 is 12.6 Å². The number of ketones is 1. The molecule has 0 aromatic heterocycles. The van der Waals surface area contributed by atoms with E-state index in [9.17, 15) is 9.90 Å². The summed E-state index contributed by atoms with van der Waals surface area (Å²) in [5.74, 6) is -0.0505. The summed E-state index contributed by atoms with van der Waals surface area (Å²) >= 11 is 3.91. The van der Waals surface area contributed by atoms with Crippen molar-refractivity contribution in [1.82, 2.24) is 0 Å². The van der Waals surface area contributed by atoms with Crippen LogP contribution in [-0.4, -0.2) is 22.7 Å². The summed E-state index contributed by atoms with van der Waals surface area (Å²) in [4.78, 5) is 11.5. The van der Waals surface area contributed by atoms with Gasteiger partial charge in [-0.15, -0.1) is 0 Å². The maximum absolute atomic E-state index is 11.5. The number of benzene rings is 1. The Morgan fingerprint density at radius 2 is 2.15 bits per heavy atom. The van der Waals surface area contributed by atoms with Crippen molar-refractivity contribution in [3.8, 4) is 5.75 Å². The Hall–Kier alpha value is -1.00. The lowest BCUT2D eigenvalue weighted by atomic mass is 10.1. The minimum atomic E-state index is -0.656. The van der Waals surface area contributed by atoms with Gasteiger partial charge in [0.25, 0.3) is 0 Å². The fourth-order valence-corrected chi connectivity index (χ4v) is 1.13. The van der Waals surface area contributed by atoms with Gasteiger partial charge in [-0.05, 0) is 12.1 Å². The number of thiol groups is 1. The van der Waals surface area contributed by atoms with Gasteiger partial charge in [0, 0.05) is 5.75 Å². The second-order valence-electron chi connectivity index (χ2n) is 2.67. The third-order valence-corrected chi connectivity index (χ3v) is 2.10. The number of carbonyl (C=O) groups is 1. The molecule has 1 unspecified atom stereocenters. The molecule has 13 heavy (non-hydrogen) atoms. The second kappa shape index (κ2) is 4.30. The molecule has 70 valence electrons. The second-order valence-corrected chi connectivity index (χ2v) is 3.04. The minimum absolute atomic E-state index is 0.0373. The van der Waals surface area contributed by atoms with Crippen LogP contribution in [0.5, 0.6) is 5.75 Å². The normalized spacial score (nSPS) is 12.5. The number of rotatable bonds is 3. The molecule has 1 atom stereocenters. The molecule has 0 saturated heterocycles. The Morgan fingerprint density at radius 3 is 2.69 bits per heavy atom. The van der Waals surface area contributed by atoms with Crippen molar-refractivity contribution in [3.05, 3.63) is 29.8 Å². The number of nitrogens with two attached hydrogens (primary N) is 1. The standard InChI is InChI=1S/C9H11NO2S/c10-7(5-13)9(12)6-3-1-2-4-8(6)11/h1-4,7,11,13H,5,10H2. The first-order chi connectivity index (χ1) is 6.16. The van der Waals surface area contributed by atoms with Gasteiger partial charge in [0.2, 0.25) is 0 Å². The van der Waals surface area contributed by atoms with Gasteiger partial charge in [0.05, 0.1) is 11.6 Å². The molecular weight excluding hydrogens is 186 g/mol. The molecular formula is C9H11NO2S. The molecule has 0 spiro atoms. The van der Waals surface area contributed by atoms with Gasteiger partial charge in [-0.3, -0.25) is 4.79 Å². The number of phenolic OH excluding ortho intramolecular Hbond substituents is 1. The third-order valence-electron chi connectivity index (χ3n) is 1.70. The van der Waals surface area contributed by atoms with Crippen molar-refractivity contribution in [2.24, 2.45) is 5.73 Å². The summed E-state index contributed by atoms with van der Waals surface area (Å²) in [6, 6.07) is 5.67. The molecule has 1 rings (SSSR count). The van der Waals surface area contributed by atoms with Gasteiger partial charge in [-0.1, -0.05) is 12.1 Å². The summed E-state index contributed by atoms with van der Waals surface area (Å²) in [5, 5.41) is 9.32. The number of phenols is 1. The van der Waals surface area contributed by atoms with E-state index in [1.807, 2.05) is 0 Å². The highest BCUT2D eigenvalue weighted by atomic mass is 32.1. The molecule has 1 aromatic carbocycles. The van der Waals surface area contributed by atoms with Crippen LogP contribution in [0.25, 0.3) is 0 Å². The predicted octanol–water partition coefficient (Wildman–Crippen LogP) is 0.832. The number of carbonyl (C=O) groups excluding carboxylic acids is 1. The van der Waals surface area contributed by atoms with Crippen molar-refractivity contribution in [2.75, 3.05) is 5.75 Å². The fourth-order valence-electron chi connectivity index (χ4n) is 0.965. The molecule has 0 bridgehead atoms. The quantitative estimate of drug-likeness (QED) is 0.497. The molecule has 3 N–H and O–H groups in total. The number of para-hydroxylation sites is 1. The third kappa shape index (κ3) is 2.23. The van der Waals surface area contributed by atoms with Gasteiger partial charge in [-0.25, -0.2) is 0 Å². The first kappa shape index (κ1) is 10.1. The van der Waals surface area contributed by atoms with Crippen LogP contribution in [0.4, 0.5) is 0 Å². The monoisotopic (exact) mass is 197 g/mol. The van der Waals surface area contributed by atoms with Crippen molar-refractivity contribution < 1.29 is 9.90 Å². The van der Waals surface area contributed by atoms with E-state index in [-0.39, 0.29) is 22.8 Å². The molecule has 0 fully saturated rings. The van der Waals surface area contributed by atoms with E-state index in [2.05, 4.69) is 12.6 Å². The molecule has 3 nitrogen and oxygen atoms in total. The molecule has 0 aliphatic carbocycles. The lowest BCUT2D eigenvalue weighted by Gasteiger charge is -2.07. The summed E-state index contributed by atoms with van der Waals surface area (Å²) in [7, 11) is 0. The average molecular weight is 197 g/mol. The van der Waals surface area contributed by atoms with Crippen molar-refractivity contribution in [1.29, 1.82) is 0 Å². The molecule has 0 radical (unpaired) electrons. The van der Waals surface area contributed by atoms with Gasteiger partial charge in [-0.2, -0.15) is 12.6 Å². The molecule has 0 saturated carbocycles. The van der Waals surface area contributed by atoms with E-state index in [4.69, 9.17) is 5.73 Å². The van der Waals surface area contributed by atoms with E-state index >= 15 is 0 Å². The Morgan fingerprint density at radius 1 is 1.54 bits per heavy atom. The van der Waals surface area contributed by atoms with E-state index < -0.39 is 6.04 Å². The highest BCUT2D eigenvalue weighted by molar-refractivity contribution is 7.80. The predicted molar refractivity (Wildman–Crippen MR) is 54.3 cm³/mol. The zero-order valence-corrected chi connectivity index (χ0v) is 7.87. The van der Waals surface area contributed by atoms with Gasteiger partial charge < -0.3 is 10.8 Å². The van der Waals surface area contributed by atoms with Crippen LogP contribution in [0.2, 0.25) is 0 Å². The van der Waals surface area contributed by atoms with Gasteiger partial charge >= 0.3 is 0 Å². The lowest BCUT2D eigenvalue weighted by molar-refractivity contribution is 0.0967. The first-order valence-electron chi connectivity index (χ1n) is 3.85. The van der Waals surface area contributed by atoms with Crippen LogP contribution in [0, 0.1) is 0 Å². The van der Waals surface area contributed by atoms with Crippen LogP contribution in [0.1, 0.15) is 10.4 Å². The van der Waals surface area contributed by atoms with Crippen molar-refractivity contribution >= 4 is 18.4 Å². The summed E-state index contributed by atoms with van der Waals surface area (Å²) in [5.41, 5.74) is 5.73. The Balaban J connectivity index is 2.95. The Bertz CT molecular complexity index is 314. The number of hydrogen-bond acceptors (Lipinski definition) is 4. The lowest BCUT2D eigenvalue weighted by Crippen LogP contribution is -2.32. The van der Waals surface area contributed by atoms with Crippen LogP contribution in [0.3, 0.4) is 0 Å². The SMILES string of the molecule is NC(CS)C(=O)c1ccccc1O. The summed E-state index contributed by atoms with van der Waals surface area (Å²) in [6.45, 7) is 0. The maximum Gasteiger partial charge on any atom is 0.184 e. The molecule has 1 aromatic rings. The van der Waals surface area contributed by atoms with Gasteiger partial charge in [0.15, 0.2) is 5.78 Å². The van der Waals surface area contributed by atoms with Crippen LogP contribution < -0.4 is 5.73 Å².